The molecule has 1 saturated carbocycles. The van der Waals surface area contributed by atoms with E-state index >= 15 is 0 Å². The summed E-state index contributed by atoms with van der Waals surface area (Å²) >= 11 is 3.61. The third-order valence-electron chi connectivity index (χ3n) is 3.82. The van der Waals surface area contributed by atoms with Crippen LogP contribution in [0.2, 0.25) is 0 Å². The van der Waals surface area contributed by atoms with Crippen molar-refractivity contribution in [2.45, 2.75) is 39.2 Å². The Morgan fingerprint density at radius 2 is 2.22 bits per heavy atom. The van der Waals surface area contributed by atoms with Gasteiger partial charge in [0.1, 0.15) is 0 Å². The van der Waals surface area contributed by atoms with Gasteiger partial charge >= 0.3 is 0 Å². The lowest BCUT2D eigenvalue weighted by molar-refractivity contribution is 0.358. The van der Waals surface area contributed by atoms with Gasteiger partial charge in [0.15, 0.2) is 5.17 Å². The number of thioether (sulfide) groups is 1. The molecule has 98 valence electrons. The number of aromatic nitrogens is 1. The SMILES string of the molecule is Cc1nc(CNC2=NCC3(CCCC3)CS2)cs1. The average Bonchev–Trinajstić information content (AvgIpc) is 2.99. The van der Waals surface area contributed by atoms with E-state index in [1.807, 2.05) is 18.7 Å². The molecule has 1 fully saturated rings. The number of hydrogen-bond donors (Lipinski definition) is 1. The van der Waals surface area contributed by atoms with E-state index < -0.39 is 0 Å². The molecule has 18 heavy (non-hydrogen) atoms. The summed E-state index contributed by atoms with van der Waals surface area (Å²) in [6, 6.07) is 0. The fourth-order valence-electron chi connectivity index (χ4n) is 2.74. The molecule has 3 rings (SSSR count). The molecule has 0 atom stereocenters. The molecule has 0 unspecified atom stereocenters. The molecule has 1 aromatic rings. The Kier molecular flexibility index (Phi) is 3.61. The molecular formula is C13H19N3S2. The van der Waals surface area contributed by atoms with E-state index in [0.29, 0.717) is 5.41 Å². The smallest absolute Gasteiger partial charge is 0.156 e. The number of amidine groups is 1. The monoisotopic (exact) mass is 281 g/mol. The quantitative estimate of drug-likeness (QED) is 0.904. The molecule has 3 nitrogen and oxygen atoms in total. The summed E-state index contributed by atoms with van der Waals surface area (Å²) in [5.41, 5.74) is 1.66. The Hall–Kier alpha value is -0.550. The minimum Gasteiger partial charge on any atom is -0.359 e. The lowest BCUT2D eigenvalue weighted by Crippen LogP contribution is -2.33. The molecule has 0 radical (unpaired) electrons. The summed E-state index contributed by atoms with van der Waals surface area (Å²) in [5.74, 6) is 1.24. The van der Waals surface area contributed by atoms with Gasteiger partial charge < -0.3 is 5.32 Å². The van der Waals surface area contributed by atoms with Crippen LogP contribution >= 0.6 is 23.1 Å². The second-order valence-corrected chi connectivity index (χ2v) is 7.35. The van der Waals surface area contributed by atoms with Crippen LogP contribution in [0.1, 0.15) is 36.4 Å². The molecule has 1 spiro atoms. The van der Waals surface area contributed by atoms with Gasteiger partial charge in [-0.15, -0.1) is 11.3 Å². The molecule has 0 saturated heterocycles. The Balaban J connectivity index is 1.54. The van der Waals surface area contributed by atoms with Crippen LogP contribution in [-0.2, 0) is 6.54 Å². The van der Waals surface area contributed by atoms with Crippen molar-refractivity contribution >= 4 is 28.3 Å². The van der Waals surface area contributed by atoms with Crippen molar-refractivity contribution in [3.8, 4) is 0 Å². The highest BCUT2D eigenvalue weighted by Crippen LogP contribution is 2.43. The van der Waals surface area contributed by atoms with Crippen LogP contribution in [0, 0.1) is 12.3 Å². The van der Waals surface area contributed by atoms with Gasteiger partial charge in [-0.1, -0.05) is 24.6 Å². The first-order valence-electron chi connectivity index (χ1n) is 6.58. The van der Waals surface area contributed by atoms with Crippen molar-refractivity contribution in [2.24, 2.45) is 10.4 Å². The second kappa shape index (κ2) is 5.21. The fraction of sp³-hybridized carbons (Fsp3) is 0.692. The van der Waals surface area contributed by atoms with Crippen LogP contribution in [0.15, 0.2) is 10.4 Å². The summed E-state index contributed by atoms with van der Waals surface area (Å²) in [7, 11) is 0. The van der Waals surface area contributed by atoms with Gasteiger partial charge in [0.05, 0.1) is 17.2 Å². The maximum atomic E-state index is 4.73. The Morgan fingerprint density at radius 1 is 1.39 bits per heavy atom. The van der Waals surface area contributed by atoms with Crippen LogP contribution in [0.25, 0.3) is 0 Å². The fourth-order valence-corrected chi connectivity index (χ4v) is 4.51. The number of aryl methyl sites for hydroxylation is 1. The largest absolute Gasteiger partial charge is 0.359 e. The van der Waals surface area contributed by atoms with Gasteiger partial charge in [-0.3, -0.25) is 4.99 Å². The van der Waals surface area contributed by atoms with Crippen LogP contribution in [-0.4, -0.2) is 22.4 Å². The van der Waals surface area contributed by atoms with Crippen molar-refractivity contribution in [3.63, 3.8) is 0 Å². The first kappa shape index (κ1) is 12.5. The van der Waals surface area contributed by atoms with Crippen molar-refractivity contribution in [3.05, 3.63) is 16.1 Å². The Labute approximate surface area is 116 Å². The molecule has 0 amide bonds. The predicted molar refractivity (Wildman–Crippen MR) is 79.4 cm³/mol. The van der Waals surface area contributed by atoms with Gasteiger partial charge in [0, 0.05) is 17.7 Å². The molecule has 2 heterocycles. The van der Waals surface area contributed by atoms with Crippen LogP contribution in [0.4, 0.5) is 0 Å². The number of thiazole rings is 1. The molecule has 1 aromatic heterocycles. The third kappa shape index (κ3) is 2.72. The number of nitrogens with one attached hydrogen (secondary N) is 1. The molecule has 2 aliphatic rings. The normalized spacial score (nSPS) is 22.2. The highest BCUT2D eigenvalue weighted by atomic mass is 32.2. The van der Waals surface area contributed by atoms with E-state index in [0.717, 1.165) is 29.0 Å². The molecule has 0 bridgehead atoms. The maximum absolute atomic E-state index is 4.73. The van der Waals surface area contributed by atoms with Gasteiger partial charge in [-0.2, -0.15) is 0 Å². The van der Waals surface area contributed by atoms with Crippen LogP contribution in [0.5, 0.6) is 0 Å². The lowest BCUT2D eigenvalue weighted by atomic mass is 9.89. The topological polar surface area (TPSA) is 37.3 Å². The predicted octanol–water partition coefficient (Wildman–Crippen LogP) is 3.20. The number of hydrogen-bond acceptors (Lipinski definition) is 5. The van der Waals surface area contributed by atoms with Crippen LogP contribution in [0.3, 0.4) is 0 Å². The zero-order valence-electron chi connectivity index (χ0n) is 10.7. The first-order valence-corrected chi connectivity index (χ1v) is 8.44. The summed E-state index contributed by atoms with van der Waals surface area (Å²) in [6.45, 7) is 3.88. The average molecular weight is 281 g/mol. The zero-order valence-corrected chi connectivity index (χ0v) is 12.4. The first-order chi connectivity index (χ1) is 8.76. The van der Waals surface area contributed by atoms with Crippen molar-refractivity contribution in [1.29, 1.82) is 0 Å². The van der Waals surface area contributed by atoms with E-state index in [1.165, 1.54) is 31.4 Å². The van der Waals surface area contributed by atoms with Crippen LogP contribution < -0.4 is 5.32 Å². The number of nitrogens with zero attached hydrogens (tertiary/aromatic N) is 2. The molecule has 0 aromatic carbocycles. The summed E-state index contributed by atoms with van der Waals surface area (Å²) in [6.07, 6.45) is 5.55. The van der Waals surface area contributed by atoms with Crippen molar-refractivity contribution in [1.82, 2.24) is 10.3 Å². The standard InChI is InChI=1S/C13H19N3S2/c1-10-16-11(7-17-10)6-14-12-15-8-13(9-18-12)4-2-3-5-13/h7H,2-6,8-9H2,1H3,(H,14,15). The third-order valence-corrected chi connectivity index (χ3v) is 5.95. The highest BCUT2D eigenvalue weighted by Gasteiger charge is 2.36. The summed E-state index contributed by atoms with van der Waals surface area (Å²) in [4.78, 5) is 9.19. The van der Waals surface area contributed by atoms with Crippen molar-refractivity contribution < 1.29 is 0 Å². The van der Waals surface area contributed by atoms with E-state index in [2.05, 4.69) is 15.7 Å². The highest BCUT2D eigenvalue weighted by molar-refractivity contribution is 8.13. The summed E-state index contributed by atoms with van der Waals surface area (Å²) < 4.78 is 0. The Morgan fingerprint density at radius 3 is 2.83 bits per heavy atom. The number of aliphatic imine (C=N–C) groups is 1. The maximum Gasteiger partial charge on any atom is 0.156 e. The minimum atomic E-state index is 0.535. The van der Waals surface area contributed by atoms with E-state index in [9.17, 15) is 0 Å². The molecule has 1 aliphatic carbocycles. The van der Waals surface area contributed by atoms with Gasteiger partial charge in [0.25, 0.3) is 0 Å². The molecule has 1 aliphatic heterocycles. The lowest BCUT2D eigenvalue weighted by Gasteiger charge is -2.30. The minimum absolute atomic E-state index is 0.535. The van der Waals surface area contributed by atoms with Crippen molar-refractivity contribution in [2.75, 3.05) is 12.3 Å². The molecular weight excluding hydrogens is 262 g/mol. The summed E-state index contributed by atoms with van der Waals surface area (Å²) in [5, 5.41) is 7.78. The zero-order chi connectivity index (χ0) is 12.4. The van der Waals surface area contributed by atoms with Gasteiger partial charge in [0.2, 0.25) is 0 Å². The van der Waals surface area contributed by atoms with E-state index in [-0.39, 0.29) is 0 Å². The molecule has 1 N–H and O–H groups in total. The molecule has 5 heteroatoms. The Bertz CT molecular complexity index is 447. The van der Waals surface area contributed by atoms with Gasteiger partial charge in [-0.25, -0.2) is 4.98 Å². The van der Waals surface area contributed by atoms with Gasteiger partial charge in [-0.05, 0) is 25.2 Å². The van der Waals surface area contributed by atoms with E-state index in [1.54, 1.807) is 11.3 Å². The second-order valence-electron chi connectivity index (χ2n) is 5.33. The van der Waals surface area contributed by atoms with E-state index in [4.69, 9.17) is 4.99 Å². The number of rotatable bonds is 2.